The SMILES string of the molecule is COc1ncc(-c2cccc(C(F)(F)F)c2)cc1CC#N. The van der Waals surface area contributed by atoms with Crippen molar-refractivity contribution in [3.05, 3.63) is 47.7 Å². The van der Waals surface area contributed by atoms with Crippen LogP contribution in [0.1, 0.15) is 11.1 Å². The zero-order chi connectivity index (χ0) is 15.5. The molecule has 0 aliphatic heterocycles. The minimum absolute atomic E-state index is 0.0724. The molecule has 6 heteroatoms. The van der Waals surface area contributed by atoms with Gasteiger partial charge in [-0.25, -0.2) is 4.98 Å². The highest BCUT2D eigenvalue weighted by molar-refractivity contribution is 5.65. The second-order valence-corrected chi connectivity index (χ2v) is 4.31. The van der Waals surface area contributed by atoms with E-state index in [-0.39, 0.29) is 6.42 Å². The molecule has 21 heavy (non-hydrogen) atoms. The molecule has 2 aromatic rings. The number of pyridine rings is 1. The molecular weight excluding hydrogens is 281 g/mol. The summed E-state index contributed by atoms with van der Waals surface area (Å²) in [6, 6.07) is 8.56. The summed E-state index contributed by atoms with van der Waals surface area (Å²) in [6.45, 7) is 0. The number of nitrogens with zero attached hydrogens (tertiary/aromatic N) is 2. The molecule has 0 spiro atoms. The number of hydrogen-bond acceptors (Lipinski definition) is 3. The highest BCUT2D eigenvalue weighted by Crippen LogP contribution is 2.32. The molecule has 108 valence electrons. The first-order valence-corrected chi connectivity index (χ1v) is 6.03. The van der Waals surface area contributed by atoms with E-state index < -0.39 is 11.7 Å². The smallest absolute Gasteiger partial charge is 0.416 e. The van der Waals surface area contributed by atoms with Crippen LogP contribution in [0.3, 0.4) is 0 Å². The number of hydrogen-bond donors (Lipinski definition) is 0. The van der Waals surface area contributed by atoms with Crippen molar-refractivity contribution in [1.82, 2.24) is 4.98 Å². The normalized spacial score (nSPS) is 11.0. The van der Waals surface area contributed by atoms with Crippen LogP contribution in [-0.4, -0.2) is 12.1 Å². The molecule has 1 aromatic heterocycles. The molecule has 0 radical (unpaired) electrons. The maximum atomic E-state index is 12.7. The average Bonchev–Trinajstić information content (AvgIpc) is 2.47. The lowest BCUT2D eigenvalue weighted by atomic mass is 10.0. The monoisotopic (exact) mass is 292 g/mol. The standard InChI is InChI=1S/C15H11F3N2O/c1-21-14-11(5-6-19)7-12(9-20-14)10-3-2-4-13(8-10)15(16,17)18/h2-4,7-9H,5H2,1H3. The third-order valence-corrected chi connectivity index (χ3v) is 2.91. The average molecular weight is 292 g/mol. The van der Waals surface area contributed by atoms with Gasteiger partial charge in [-0.3, -0.25) is 0 Å². The second kappa shape index (κ2) is 5.83. The molecule has 0 fully saturated rings. The van der Waals surface area contributed by atoms with E-state index in [4.69, 9.17) is 10.00 Å². The number of aromatic nitrogens is 1. The predicted molar refractivity (Wildman–Crippen MR) is 70.5 cm³/mol. The largest absolute Gasteiger partial charge is 0.481 e. The van der Waals surface area contributed by atoms with Crippen molar-refractivity contribution in [2.24, 2.45) is 0 Å². The van der Waals surface area contributed by atoms with Crippen LogP contribution >= 0.6 is 0 Å². The van der Waals surface area contributed by atoms with E-state index >= 15 is 0 Å². The highest BCUT2D eigenvalue weighted by atomic mass is 19.4. The van der Waals surface area contributed by atoms with Crippen LogP contribution < -0.4 is 4.74 Å². The molecule has 2 rings (SSSR count). The quantitative estimate of drug-likeness (QED) is 0.863. The zero-order valence-corrected chi connectivity index (χ0v) is 11.1. The minimum Gasteiger partial charge on any atom is -0.481 e. The lowest BCUT2D eigenvalue weighted by Crippen LogP contribution is -2.04. The van der Waals surface area contributed by atoms with E-state index in [1.165, 1.54) is 19.4 Å². The maximum absolute atomic E-state index is 12.7. The van der Waals surface area contributed by atoms with Crippen LogP contribution in [0, 0.1) is 11.3 Å². The number of halogens is 3. The van der Waals surface area contributed by atoms with Gasteiger partial charge in [0.25, 0.3) is 0 Å². The Morgan fingerprint density at radius 2 is 2.00 bits per heavy atom. The summed E-state index contributed by atoms with van der Waals surface area (Å²) in [5, 5.41) is 8.77. The van der Waals surface area contributed by atoms with E-state index in [1.54, 1.807) is 12.1 Å². The lowest BCUT2D eigenvalue weighted by molar-refractivity contribution is -0.137. The first kappa shape index (κ1) is 14.9. The van der Waals surface area contributed by atoms with Gasteiger partial charge in [0.15, 0.2) is 0 Å². The number of methoxy groups -OCH3 is 1. The molecule has 0 saturated heterocycles. The molecule has 1 heterocycles. The third kappa shape index (κ3) is 3.31. The van der Waals surface area contributed by atoms with E-state index in [1.807, 2.05) is 6.07 Å². The predicted octanol–water partition coefficient (Wildman–Crippen LogP) is 3.84. The highest BCUT2D eigenvalue weighted by Gasteiger charge is 2.30. The van der Waals surface area contributed by atoms with Crippen LogP contribution in [0.2, 0.25) is 0 Å². The van der Waals surface area contributed by atoms with E-state index in [0.717, 1.165) is 12.1 Å². The summed E-state index contributed by atoms with van der Waals surface area (Å²) in [5.74, 6) is 0.298. The van der Waals surface area contributed by atoms with Gasteiger partial charge in [-0.05, 0) is 23.8 Å². The number of nitriles is 1. The second-order valence-electron chi connectivity index (χ2n) is 4.31. The van der Waals surface area contributed by atoms with E-state index in [0.29, 0.717) is 22.6 Å². The van der Waals surface area contributed by atoms with Crippen molar-refractivity contribution < 1.29 is 17.9 Å². The Bertz CT molecular complexity index is 690. The lowest BCUT2D eigenvalue weighted by Gasteiger charge is -2.10. The molecule has 0 aliphatic carbocycles. The number of alkyl halides is 3. The van der Waals surface area contributed by atoms with Gasteiger partial charge in [-0.15, -0.1) is 0 Å². The molecule has 0 atom stereocenters. The first-order valence-electron chi connectivity index (χ1n) is 6.03. The number of rotatable bonds is 3. The van der Waals surface area contributed by atoms with Crippen LogP contribution in [0.4, 0.5) is 13.2 Å². The van der Waals surface area contributed by atoms with Crippen molar-refractivity contribution in [2.75, 3.05) is 7.11 Å². The molecule has 0 saturated carbocycles. The molecule has 1 aromatic carbocycles. The fraction of sp³-hybridized carbons (Fsp3) is 0.200. The number of benzene rings is 1. The Labute approximate surface area is 119 Å². The van der Waals surface area contributed by atoms with Gasteiger partial charge in [0.2, 0.25) is 5.88 Å². The summed E-state index contributed by atoms with van der Waals surface area (Å²) < 4.78 is 43.2. The summed E-state index contributed by atoms with van der Waals surface area (Å²) in [6.07, 6.45) is -2.90. The van der Waals surface area contributed by atoms with Crippen molar-refractivity contribution in [2.45, 2.75) is 12.6 Å². The van der Waals surface area contributed by atoms with Gasteiger partial charge in [-0.1, -0.05) is 12.1 Å². The minimum atomic E-state index is -4.40. The van der Waals surface area contributed by atoms with Gasteiger partial charge < -0.3 is 4.74 Å². The Kier molecular flexibility index (Phi) is 4.13. The fourth-order valence-corrected chi connectivity index (χ4v) is 1.93. The molecule has 0 bridgehead atoms. The Balaban J connectivity index is 2.47. The van der Waals surface area contributed by atoms with Gasteiger partial charge >= 0.3 is 6.18 Å². The molecular formula is C15H11F3N2O. The Morgan fingerprint density at radius 1 is 1.24 bits per heavy atom. The van der Waals surface area contributed by atoms with Crippen LogP contribution in [-0.2, 0) is 12.6 Å². The topological polar surface area (TPSA) is 45.9 Å². The summed E-state index contributed by atoms with van der Waals surface area (Å²) in [4.78, 5) is 4.03. The molecule has 0 amide bonds. The maximum Gasteiger partial charge on any atom is 0.416 e. The van der Waals surface area contributed by atoms with Crippen LogP contribution in [0.15, 0.2) is 36.5 Å². The van der Waals surface area contributed by atoms with Crippen molar-refractivity contribution in [1.29, 1.82) is 5.26 Å². The van der Waals surface area contributed by atoms with Crippen molar-refractivity contribution >= 4 is 0 Å². The van der Waals surface area contributed by atoms with Crippen LogP contribution in [0.5, 0.6) is 5.88 Å². The van der Waals surface area contributed by atoms with E-state index in [2.05, 4.69) is 4.98 Å². The Morgan fingerprint density at radius 3 is 2.62 bits per heavy atom. The zero-order valence-electron chi connectivity index (χ0n) is 11.1. The summed E-state index contributed by atoms with van der Waals surface area (Å²) in [7, 11) is 1.42. The van der Waals surface area contributed by atoms with Gasteiger partial charge in [-0.2, -0.15) is 18.4 Å². The van der Waals surface area contributed by atoms with Crippen molar-refractivity contribution in [3.8, 4) is 23.1 Å². The van der Waals surface area contributed by atoms with Gasteiger partial charge in [0.05, 0.1) is 25.2 Å². The van der Waals surface area contributed by atoms with Crippen molar-refractivity contribution in [3.63, 3.8) is 0 Å². The molecule has 0 aliphatic rings. The van der Waals surface area contributed by atoms with E-state index in [9.17, 15) is 13.2 Å². The molecule has 3 nitrogen and oxygen atoms in total. The van der Waals surface area contributed by atoms with Crippen LogP contribution in [0.25, 0.3) is 11.1 Å². The van der Waals surface area contributed by atoms with Gasteiger partial charge in [0, 0.05) is 17.3 Å². The summed E-state index contributed by atoms with van der Waals surface area (Å²) >= 11 is 0. The third-order valence-electron chi connectivity index (χ3n) is 2.91. The summed E-state index contributed by atoms with van der Waals surface area (Å²) in [5.41, 5.74) is 0.707. The molecule has 0 N–H and O–H groups in total. The van der Waals surface area contributed by atoms with Gasteiger partial charge in [0.1, 0.15) is 0 Å². The first-order chi connectivity index (χ1) is 9.95. The fourth-order valence-electron chi connectivity index (χ4n) is 1.93. The molecule has 0 unspecified atom stereocenters. The Hall–Kier alpha value is -2.55. The number of ether oxygens (including phenoxy) is 1.